The van der Waals surface area contributed by atoms with Gasteiger partial charge in [0, 0.05) is 31.7 Å². The molecule has 2 aromatic rings. The van der Waals surface area contributed by atoms with E-state index < -0.39 is 10.0 Å². The highest BCUT2D eigenvalue weighted by atomic mass is 32.2. The van der Waals surface area contributed by atoms with Crippen molar-refractivity contribution in [1.82, 2.24) is 4.72 Å². The number of hydrogen-bond acceptors (Lipinski definition) is 6. The molecule has 0 saturated carbocycles. The molecular weight excluding hydrogens is 376 g/mol. The highest BCUT2D eigenvalue weighted by Gasteiger charge is 2.25. The van der Waals surface area contributed by atoms with E-state index in [1.165, 1.54) is 14.0 Å². The van der Waals surface area contributed by atoms with Crippen LogP contribution in [0.5, 0.6) is 0 Å². The lowest BCUT2D eigenvalue weighted by atomic mass is 10.1. The Morgan fingerprint density at radius 1 is 1.04 bits per heavy atom. The second kappa shape index (κ2) is 8.00. The minimum atomic E-state index is -3.56. The van der Waals surface area contributed by atoms with Crippen LogP contribution in [0.1, 0.15) is 22.8 Å². The quantitative estimate of drug-likeness (QED) is 0.775. The predicted octanol–water partition coefficient (Wildman–Crippen LogP) is 2.00. The van der Waals surface area contributed by atoms with Gasteiger partial charge < -0.3 is 9.80 Å². The number of hydrogen-bond donors (Lipinski definition) is 1. The van der Waals surface area contributed by atoms with Crippen LogP contribution in [0.25, 0.3) is 0 Å². The molecule has 0 atom stereocenters. The monoisotopic (exact) mass is 398 g/mol. The van der Waals surface area contributed by atoms with Crippen LogP contribution in [0, 0.1) is 11.3 Å². The van der Waals surface area contributed by atoms with Gasteiger partial charge in [0.05, 0.1) is 16.9 Å². The van der Waals surface area contributed by atoms with Crippen LogP contribution in [0.15, 0.2) is 47.4 Å². The van der Waals surface area contributed by atoms with E-state index in [-0.39, 0.29) is 10.7 Å². The highest BCUT2D eigenvalue weighted by Crippen LogP contribution is 2.28. The molecule has 0 unspecified atom stereocenters. The van der Waals surface area contributed by atoms with Crippen molar-refractivity contribution in [2.75, 3.05) is 43.0 Å². The summed E-state index contributed by atoms with van der Waals surface area (Å²) in [6, 6.07) is 14.2. The van der Waals surface area contributed by atoms with Gasteiger partial charge in [0.2, 0.25) is 10.0 Å². The summed E-state index contributed by atoms with van der Waals surface area (Å²) >= 11 is 0. The van der Waals surface area contributed by atoms with Crippen molar-refractivity contribution in [2.24, 2.45) is 0 Å². The molecule has 0 amide bonds. The van der Waals surface area contributed by atoms with Crippen molar-refractivity contribution in [2.45, 2.75) is 11.8 Å². The molecule has 1 aliphatic heterocycles. The molecule has 0 bridgehead atoms. The number of piperazine rings is 1. The van der Waals surface area contributed by atoms with E-state index in [1.54, 1.807) is 36.4 Å². The molecule has 1 saturated heterocycles. The molecule has 1 heterocycles. The van der Waals surface area contributed by atoms with Gasteiger partial charge in [-0.05, 0) is 44.3 Å². The predicted molar refractivity (Wildman–Crippen MR) is 108 cm³/mol. The van der Waals surface area contributed by atoms with Gasteiger partial charge in [-0.3, -0.25) is 4.79 Å². The lowest BCUT2D eigenvalue weighted by Gasteiger charge is -2.38. The number of nitriles is 1. The first-order chi connectivity index (χ1) is 13.4. The van der Waals surface area contributed by atoms with Gasteiger partial charge in [-0.25, -0.2) is 13.1 Å². The fourth-order valence-corrected chi connectivity index (χ4v) is 4.30. The Kier molecular flexibility index (Phi) is 5.68. The minimum absolute atomic E-state index is 0.0458. The van der Waals surface area contributed by atoms with Gasteiger partial charge in [-0.1, -0.05) is 12.1 Å². The Morgan fingerprint density at radius 2 is 1.64 bits per heavy atom. The lowest BCUT2D eigenvalue weighted by Crippen LogP contribution is -2.47. The summed E-state index contributed by atoms with van der Waals surface area (Å²) in [5.41, 5.74) is 2.50. The SMILES string of the molecule is CNS(=O)(=O)c1ccccc1N1CCN(c2cc(C(C)=O)ccc2C#N)CC1. The molecule has 28 heavy (non-hydrogen) atoms. The van der Waals surface area contributed by atoms with Crippen LogP contribution in [-0.2, 0) is 10.0 Å². The molecule has 1 N–H and O–H groups in total. The zero-order valence-electron chi connectivity index (χ0n) is 15.8. The summed E-state index contributed by atoms with van der Waals surface area (Å²) in [6.45, 7) is 3.94. The van der Waals surface area contributed by atoms with Crippen molar-refractivity contribution in [1.29, 1.82) is 5.26 Å². The summed E-state index contributed by atoms with van der Waals surface area (Å²) in [5.74, 6) is -0.0458. The van der Waals surface area contributed by atoms with E-state index in [9.17, 15) is 18.5 Å². The van der Waals surface area contributed by atoms with Crippen LogP contribution in [0.3, 0.4) is 0 Å². The molecule has 3 rings (SSSR count). The first-order valence-electron chi connectivity index (χ1n) is 8.95. The van der Waals surface area contributed by atoms with E-state index in [4.69, 9.17) is 0 Å². The van der Waals surface area contributed by atoms with Crippen molar-refractivity contribution in [3.05, 3.63) is 53.6 Å². The molecule has 0 aromatic heterocycles. The smallest absolute Gasteiger partial charge is 0.242 e. The van der Waals surface area contributed by atoms with Crippen molar-refractivity contribution in [3.8, 4) is 6.07 Å². The number of sulfonamides is 1. The van der Waals surface area contributed by atoms with Crippen LogP contribution < -0.4 is 14.5 Å². The van der Waals surface area contributed by atoms with E-state index >= 15 is 0 Å². The first-order valence-corrected chi connectivity index (χ1v) is 10.4. The molecule has 0 radical (unpaired) electrons. The van der Waals surface area contributed by atoms with Crippen LogP contribution in [0.4, 0.5) is 11.4 Å². The van der Waals surface area contributed by atoms with E-state index in [0.29, 0.717) is 43.0 Å². The summed E-state index contributed by atoms with van der Waals surface area (Å²) < 4.78 is 27.0. The Bertz CT molecular complexity index is 1040. The molecule has 1 fully saturated rings. The topological polar surface area (TPSA) is 93.5 Å². The van der Waals surface area contributed by atoms with Crippen molar-refractivity contribution in [3.63, 3.8) is 0 Å². The number of ketones is 1. The number of anilines is 2. The third-order valence-corrected chi connectivity index (χ3v) is 6.37. The van der Waals surface area contributed by atoms with Crippen LogP contribution in [-0.4, -0.2) is 47.4 Å². The summed E-state index contributed by atoms with van der Waals surface area (Å²) in [4.78, 5) is 16.1. The Labute approximate surface area is 165 Å². The number of nitrogens with one attached hydrogen (secondary N) is 1. The van der Waals surface area contributed by atoms with Gasteiger partial charge in [-0.15, -0.1) is 0 Å². The van der Waals surface area contributed by atoms with E-state index in [2.05, 4.69) is 15.7 Å². The maximum atomic E-state index is 12.3. The number of carbonyl (C=O) groups excluding carboxylic acids is 1. The van der Waals surface area contributed by atoms with E-state index in [1.807, 2.05) is 11.0 Å². The Morgan fingerprint density at radius 3 is 2.21 bits per heavy atom. The van der Waals surface area contributed by atoms with Gasteiger partial charge in [0.25, 0.3) is 0 Å². The summed E-state index contributed by atoms with van der Waals surface area (Å²) in [5, 5.41) is 9.42. The number of carbonyl (C=O) groups is 1. The molecule has 2 aromatic carbocycles. The zero-order chi connectivity index (χ0) is 20.3. The number of rotatable bonds is 5. The maximum Gasteiger partial charge on any atom is 0.242 e. The van der Waals surface area contributed by atoms with Crippen LogP contribution >= 0.6 is 0 Å². The van der Waals surface area contributed by atoms with Gasteiger partial charge >= 0.3 is 0 Å². The van der Waals surface area contributed by atoms with E-state index in [0.717, 1.165) is 5.69 Å². The lowest BCUT2D eigenvalue weighted by molar-refractivity contribution is 0.101. The molecule has 146 valence electrons. The molecule has 0 aliphatic carbocycles. The molecule has 8 heteroatoms. The number of benzene rings is 2. The minimum Gasteiger partial charge on any atom is -0.367 e. The highest BCUT2D eigenvalue weighted by molar-refractivity contribution is 7.89. The summed E-state index contributed by atoms with van der Waals surface area (Å²) in [7, 11) is -2.16. The maximum absolute atomic E-state index is 12.3. The molecule has 7 nitrogen and oxygen atoms in total. The second-order valence-electron chi connectivity index (χ2n) is 6.55. The average Bonchev–Trinajstić information content (AvgIpc) is 2.73. The summed E-state index contributed by atoms with van der Waals surface area (Å²) in [6.07, 6.45) is 0. The van der Waals surface area contributed by atoms with Gasteiger partial charge in [0.1, 0.15) is 11.0 Å². The average molecular weight is 398 g/mol. The van der Waals surface area contributed by atoms with Gasteiger partial charge in [-0.2, -0.15) is 5.26 Å². The first kappa shape index (κ1) is 19.9. The fourth-order valence-electron chi connectivity index (χ4n) is 3.35. The number of nitrogens with zero attached hydrogens (tertiary/aromatic N) is 3. The second-order valence-corrected chi connectivity index (χ2v) is 8.40. The molecule has 1 aliphatic rings. The van der Waals surface area contributed by atoms with Crippen LogP contribution in [0.2, 0.25) is 0 Å². The largest absolute Gasteiger partial charge is 0.367 e. The van der Waals surface area contributed by atoms with Crippen molar-refractivity contribution >= 4 is 27.2 Å². The number of para-hydroxylation sites is 1. The third-order valence-electron chi connectivity index (χ3n) is 4.91. The standard InChI is InChI=1S/C20H22N4O3S/c1-15(25)16-7-8-17(14-21)19(13-16)24-11-9-23(10-12-24)18-5-3-4-6-20(18)28(26,27)22-2/h3-8,13,22H,9-12H2,1-2H3. The number of Topliss-reactive ketones (excluding diaryl/α,β-unsaturated/α-hetero) is 1. The third kappa shape index (κ3) is 3.86. The Hall–Kier alpha value is -2.89. The van der Waals surface area contributed by atoms with Crippen molar-refractivity contribution < 1.29 is 13.2 Å². The molecule has 0 spiro atoms. The molecular formula is C20H22N4O3S. The zero-order valence-corrected chi connectivity index (χ0v) is 16.7. The fraction of sp³-hybridized carbons (Fsp3) is 0.300. The Balaban J connectivity index is 1.85. The van der Waals surface area contributed by atoms with Gasteiger partial charge in [0.15, 0.2) is 5.78 Å². The normalized spacial score (nSPS) is 14.6.